The number of nitrogens with one attached hydrogen (secondary N) is 2. The molecule has 0 radical (unpaired) electrons. The highest BCUT2D eigenvalue weighted by atomic mass is 16.5. The van der Waals surface area contributed by atoms with Gasteiger partial charge in [0.05, 0.1) is 27.3 Å². The van der Waals surface area contributed by atoms with Crippen LogP contribution in [0.4, 0.5) is 0 Å². The average Bonchev–Trinajstić information content (AvgIpc) is 3.13. The second-order valence-electron chi connectivity index (χ2n) is 7.58. The molecule has 2 N–H and O–H groups in total. The van der Waals surface area contributed by atoms with Crippen molar-refractivity contribution in [1.29, 1.82) is 0 Å². The molecule has 0 aliphatic rings. The molecule has 0 fully saturated rings. The van der Waals surface area contributed by atoms with Gasteiger partial charge in [-0.15, -0.1) is 10.2 Å². The zero-order chi connectivity index (χ0) is 22.9. The van der Waals surface area contributed by atoms with Gasteiger partial charge < -0.3 is 24.7 Å². The number of aliphatic imine (C=N–C) groups is 1. The summed E-state index contributed by atoms with van der Waals surface area (Å²) in [6.07, 6.45) is 0.863. The van der Waals surface area contributed by atoms with E-state index < -0.39 is 0 Å². The van der Waals surface area contributed by atoms with Crippen LogP contribution in [0.5, 0.6) is 11.5 Å². The van der Waals surface area contributed by atoms with Crippen molar-refractivity contribution in [1.82, 2.24) is 25.4 Å². The molecule has 1 heterocycles. The first kappa shape index (κ1) is 23.1. The van der Waals surface area contributed by atoms with Crippen molar-refractivity contribution in [3.63, 3.8) is 0 Å². The highest BCUT2D eigenvalue weighted by molar-refractivity contribution is 5.79. The van der Waals surface area contributed by atoms with Crippen molar-refractivity contribution in [2.24, 2.45) is 12.0 Å². The predicted molar refractivity (Wildman–Crippen MR) is 126 cm³/mol. The Morgan fingerprint density at radius 1 is 1.00 bits per heavy atom. The third-order valence-corrected chi connectivity index (χ3v) is 5.31. The molecule has 0 spiro atoms. The van der Waals surface area contributed by atoms with Crippen molar-refractivity contribution in [3.05, 3.63) is 70.8 Å². The van der Waals surface area contributed by atoms with E-state index in [1.54, 1.807) is 14.2 Å². The number of guanidine groups is 1. The number of hydrogen-bond acceptors (Lipinski definition) is 5. The fraction of sp³-hybridized carbons (Fsp3) is 0.375. The lowest BCUT2D eigenvalue weighted by Gasteiger charge is -2.14. The molecule has 8 nitrogen and oxygen atoms in total. The first-order chi connectivity index (χ1) is 15.5. The normalized spacial score (nSPS) is 11.3. The predicted octanol–water partition coefficient (Wildman–Crippen LogP) is 2.93. The van der Waals surface area contributed by atoms with E-state index in [9.17, 15) is 0 Å². The minimum Gasteiger partial charge on any atom is -0.497 e. The van der Waals surface area contributed by atoms with Gasteiger partial charge in [0, 0.05) is 19.2 Å². The molecular weight excluding hydrogens is 404 g/mol. The molecule has 0 bridgehead atoms. The summed E-state index contributed by atoms with van der Waals surface area (Å²) in [5, 5.41) is 15.1. The Balaban J connectivity index is 1.67. The van der Waals surface area contributed by atoms with Crippen LogP contribution in [0.1, 0.15) is 28.3 Å². The standard InChI is InChI=1S/C24H32N6O2/c1-17-6-9-20(22(14-17)32-5)15-26-24(27-16-23-29-28-18(2)30(23)3)25-13-12-19-7-10-21(31-4)11-8-19/h6-11,14H,12-13,15-16H2,1-5H3,(H2,25,26,27). The molecule has 3 aromatic rings. The molecule has 0 amide bonds. The molecule has 0 atom stereocenters. The van der Waals surface area contributed by atoms with Crippen LogP contribution in [0.2, 0.25) is 0 Å². The summed E-state index contributed by atoms with van der Waals surface area (Å²) in [7, 11) is 5.31. The lowest BCUT2D eigenvalue weighted by atomic mass is 10.1. The molecular formula is C24H32N6O2. The Bertz CT molecular complexity index is 1040. The van der Waals surface area contributed by atoms with E-state index in [0.717, 1.165) is 47.2 Å². The highest BCUT2D eigenvalue weighted by Gasteiger charge is 2.08. The van der Waals surface area contributed by atoms with Gasteiger partial charge in [0.15, 0.2) is 11.8 Å². The van der Waals surface area contributed by atoms with Crippen molar-refractivity contribution >= 4 is 5.96 Å². The third kappa shape index (κ3) is 6.23. The second kappa shape index (κ2) is 11.2. The Labute approximate surface area is 189 Å². The average molecular weight is 437 g/mol. The van der Waals surface area contributed by atoms with Crippen LogP contribution in [0.3, 0.4) is 0 Å². The van der Waals surface area contributed by atoms with E-state index in [2.05, 4.69) is 45.1 Å². The van der Waals surface area contributed by atoms with Crippen LogP contribution in [0, 0.1) is 13.8 Å². The molecule has 0 unspecified atom stereocenters. The van der Waals surface area contributed by atoms with E-state index in [1.807, 2.05) is 43.7 Å². The first-order valence-corrected chi connectivity index (χ1v) is 10.6. The SMILES string of the molecule is COc1ccc(CCNC(=NCc2ccc(C)cc2OC)NCc2nnc(C)n2C)cc1. The van der Waals surface area contributed by atoms with Crippen LogP contribution in [0.25, 0.3) is 0 Å². The lowest BCUT2D eigenvalue weighted by Crippen LogP contribution is -2.38. The van der Waals surface area contributed by atoms with E-state index in [4.69, 9.17) is 14.5 Å². The monoisotopic (exact) mass is 436 g/mol. The number of rotatable bonds is 9. The third-order valence-electron chi connectivity index (χ3n) is 5.31. The maximum Gasteiger partial charge on any atom is 0.191 e. The first-order valence-electron chi connectivity index (χ1n) is 10.6. The minimum absolute atomic E-state index is 0.499. The largest absolute Gasteiger partial charge is 0.497 e. The van der Waals surface area contributed by atoms with Crippen LogP contribution in [0.15, 0.2) is 47.5 Å². The summed E-state index contributed by atoms with van der Waals surface area (Å²) in [5.74, 6) is 4.13. The number of hydrogen-bond donors (Lipinski definition) is 2. The van der Waals surface area contributed by atoms with Gasteiger partial charge in [-0.1, -0.05) is 24.3 Å². The van der Waals surface area contributed by atoms with E-state index in [1.165, 1.54) is 5.56 Å². The molecule has 0 saturated heterocycles. The Kier molecular flexibility index (Phi) is 8.08. The summed E-state index contributed by atoms with van der Waals surface area (Å²) < 4.78 is 12.7. The van der Waals surface area contributed by atoms with Crippen molar-refractivity contribution in [2.45, 2.75) is 33.4 Å². The number of nitrogens with zero attached hydrogens (tertiary/aromatic N) is 4. The molecule has 0 saturated carbocycles. The molecule has 0 aliphatic heterocycles. The summed E-state index contributed by atoms with van der Waals surface area (Å²) in [4.78, 5) is 4.78. The van der Waals surface area contributed by atoms with Crippen molar-refractivity contribution in [3.8, 4) is 11.5 Å². The smallest absolute Gasteiger partial charge is 0.191 e. The molecule has 32 heavy (non-hydrogen) atoms. The van der Waals surface area contributed by atoms with Gasteiger partial charge in [-0.25, -0.2) is 4.99 Å². The second-order valence-corrected chi connectivity index (χ2v) is 7.58. The maximum atomic E-state index is 5.52. The van der Waals surface area contributed by atoms with Crippen LogP contribution >= 0.6 is 0 Å². The van der Waals surface area contributed by atoms with Gasteiger partial charge in [-0.05, 0) is 49.6 Å². The van der Waals surface area contributed by atoms with Crippen molar-refractivity contribution in [2.75, 3.05) is 20.8 Å². The zero-order valence-corrected chi connectivity index (χ0v) is 19.5. The Morgan fingerprint density at radius 2 is 1.78 bits per heavy atom. The molecule has 2 aromatic carbocycles. The van der Waals surface area contributed by atoms with E-state index >= 15 is 0 Å². The Morgan fingerprint density at radius 3 is 2.44 bits per heavy atom. The zero-order valence-electron chi connectivity index (χ0n) is 19.5. The topological polar surface area (TPSA) is 85.6 Å². The fourth-order valence-electron chi connectivity index (χ4n) is 3.21. The number of aryl methyl sites for hydroxylation is 2. The summed E-state index contributed by atoms with van der Waals surface area (Å²) >= 11 is 0. The molecule has 0 aliphatic carbocycles. The van der Waals surface area contributed by atoms with Gasteiger partial charge in [0.25, 0.3) is 0 Å². The fourth-order valence-corrected chi connectivity index (χ4v) is 3.21. The van der Waals surface area contributed by atoms with Crippen LogP contribution in [-0.4, -0.2) is 41.5 Å². The number of benzene rings is 2. The molecule has 8 heteroatoms. The van der Waals surface area contributed by atoms with Crippen molar-refractivity contribution < 1.29 is 9.47 Å². The van der Waals surface area contributed by atoms with E-state index in [0.29, 0.717) is 19.0 Å². The quantitative estimate of drug-likeness (QED) is 0.396. The Hall–Kier alpha value is -3.55. The van der Waals surface area contributed by atoms with Crippen LogP contribution in [-0.2, 0) is 26.6 Å². The summed E-state index contributed by atoms with van der Waals surface area (Å²) in [5.41, 5.74) is 3.41. The van der Waals surface area contributed by atoms with Gasteiger partial charge in [-0.2, -0.15) is 0 Å². The number of aromatic nitrogens is 3. The lowest BCUT2D eigenvalue weighted by molar-refractivity contribution is 0.409. The molecule has 1 aromatic heterocycles. The van der Waals surface area contributed by atoms with E-state index in [-0.39, 0.29) is 0 Å². The number of ether oxygens (including phenoxy) is 2. The minimum atomic E-state index is 0.499. The van der Waals surface area contributed by atoms with Gasteiger partial charge >= 0.3 is 0 Å². The van der Waals surface area contributed by atoms with Gasteiger partial charge in [-0.3, -0.25) is 0 Å². The van der Waals surface area contributed by atoms with Crippen LogP contribution < -0.4 is 20.1 Å². The van der Waals surface area contributed by atoms with Gasteiger partial charge in [0.1, 0.15) is 17.3 Å². The summed E-state index contributed by atoms with van der Waals surface area (Å²) in [6.45, 7) is 5.74. The maximum absolute atomic E-state index is 5.52. The number of methoxy groups -OCH3 is 2. The molecule has 3 rings (SSSR count). The highest BCUT2D eigenvalue weighted by Crippen LogP contribution is 2.20. The van der Waals surface area contributed by atoms with Gasteiger partial charge in [0.2, 0.25) is 0 Å². The summed E-state index contributed by atoms with van der Waals surface area (Å²) in [6, 6.07) is 14.2. The molecule has 170 valence electrons.